The van der Waals surface area contributed by atoms with Crippen molar-refractivity contribution >= 4 is 0 Å². The van der Waals surface area contributed by atoms with Gasteiger partial charge >= 0.3 is 0 Å². The molecule has 5 nitrogen and oxygen atoms in total. The second-order valence-corrected chi connectivity index (χ2v) is 4.65. The lowest BCUT2D eigenvalue weighted by molar-refractivity contribution is 0.352. The van der Waals surface area contributed by atoms with E-state index < -0.39 is 0 Å². The highest BCUT2D eigenvalue weighted by Gasteiger charge is 2.22. The lowest BCUT2D eigenvalue weighted by atomic mass is 9.98. The van der Waals surface area contributed by atoms with Crippen LogP contribution in [-0.2, 0) is 0 Å². The van der Waals surface area contributed by atoms with Gasteiger partial charge in [-0.25, -0.2) is 4.98 Å². The summed E-state index contributed by atoms with van der Waals surface area (Å²) in [7, 11) is 3.15. The van der Waals surface area contributed by atoms with Gasteiger partial charge < -0.3 is 14.8 Å². The van der Waals surface area contributed by atoms with E-state index in [0.717, 1.165) is 17.8 Å². The zero-order chi connectivity index (χ0) is 15.2. The number of nitrogens with one attached hydrogen (secondary N) is 1. The molecule has 0 amide bonds. The lowest BCUT2D eigenvalue weighted by Crippen LogP contribution is -2.24. The minimum Gasteiger partial charge on any atom is -0.480 e. The highest BCUT2D eigenvalue weighted by atomic mass is 16.5. The van der Waals surface area contributed by atoms with Gasteiger partial charge in [0.1, 0.15) is 5.69 Å². The average molecular weight is 287 g/mol. The predicted octanol–water partition coefficient (Wildman–Crippen LogP) is 2.50. The molecule has 112 valence electrons. The Hall–Kier alpha value is -2.14. The van der Waals surface area contributed by atoms with E-state index in [1.807, 2.05) is 12.1 Å². The van der Waals surface area contributed by atoms with Crippen LogP contribution >= 0.6 is 0 Å². The molecule has 0 radical (unpaired) electrons. The van der Waals surface area contributed by atoms with Gasteiger partial charge in [-0.2, -0.15) is 4.98 Å². The Balaban J connectivity index is 2.50. The topological polar surface area (TPSA) is 56.3 Å². The first-order valence-corrected chi connectivity index (χ1v) is 6.95. The first-order chi connectivity index (χ1) is 10.2. The maximum Gasteiger partial charge on any atom is 0.240 e. The number of rotatable bonds is 6. The summed E-state index contributed by atoms with van der Waals surface area (Å²) in [5, 5.41) is 3.44. The predicted molar refractivity (Wildman–Crippen MR) is 81.8 cm³/mol. The quantitative estimate of drug-likeness (QED) is 0.884. The Labute approximate surface area is 125 Å². The molecule has 1 aromatic carbocycles. The second-order valence-electron chi connectivity index (χ2n) is 4.65. The van der Waals surface area contributed by atoms with Crippen molar-refractivity contribution in [3.05, 3.63) is 47.3 Å². The monoisotopic (exact) mass is 287 g/mol. The van der Waals surface area contributed by atoms with Gasteiger partial charge in [0.2, 0.25) is 11.8 Å². The normalized spacial score (nSPS) is 12.0. The molecule has 0 bridgehead atoms. The van der Waals surface area contributed by atoms with E-state index in [1.54, 1.807) is 20.4 Å². The molecule has 1 unspecified atom stereocenters. The molecule has 0 aliphatic rings. The molecule has 0 aliphatic heterocycles. The van der Waals surface area contributed by atoms with Crippen LogP contribution in [0.2, 0.25) is 0 Å². The number of ether oxygens (including phenoxy) is 2. The summed E-state index contributed by atoms with van der Waals surface area (Å²) in [6.07, 6.45) is 1.61. The Morgan fingerprint density at radius 3 is 2.57 bits per heavy atom. The molecule has 0 spiro atoms. The number of hydrogen-bond donors (Lipinski definition) is 1. The Morgan fingerprint density at radius 1 is 1.19 bits per heavy atom. The molecule has 0 saturated heterocycles. The molecule has 21 heavy (non-hydrogen) atoms. The SMILES string of the molecule is CCNC(c1ccccc1C)c1ncc(OC)nc1OC. The van der Waals surface area contributed by atoms with Gasteiger partial charge in [0.05, 0.1) is 26.5 Å². The van der Waals surface area contributed by atoms with Gasteiger partial charge in [0, 0.05) is 0 Å². The maximum absolute atomic E-state index is 5.38. The molecule has 1 atom stereocenters. The molecular weight excluding hydrogens is 266 g/mol. The summed E-state index contributed by atoms with van der Waals surface area (Å²) >= 11 is 0. The van der Waals surface area contributed by atoms with Crippen LogP contribution in [0.25, 0.3) is 0 Å². The number of methoxy groups -OCH3 is 2. The fourth-order valence-corrected chi connectivity index (χ4v) is 2.28. The van der Waals surface area contributed by atoms with E-state index in [1.165, 1.54) is 5.56 Å². The number of aromatic nitrogens is 2. The molecule has 1 aromatic heterocycles. The van der Waals surface area contributed by atoms with Crippen LogP contribution in [0.4, 0.5) is 0 Å². The van der Waals surface area contributed by atoms with Gasteiger partial charge in [-0.15, -0.1) is 0 Å². The summed E-state index contributed by atoms with van der Waals surface area (Å²) < 4.78 is 10.5. The van der Waals surface area contributed by atoms with Crippen molar-refractivity contribution in [2.24, 2.45) is 0 Å². The Bertz CT molecular complexity index is 602. The summed E-state index contributed by atoms with van der Waals surface area (Å²) in [5.74, 6) is 0.916. The van der Waals surface area contributed by atoms with E-state index >= 15 is 0 Å². The smallest absolute Gasteiger partial charge is 0.240 e. The van der Waals surface area contributed by atoms with Gasteiger partial charge in [-0.3, -0.25) is 0 Å². The molecule has 0 aliphatic carbocycles. The van der Waals surface area contributed by atoms with Crippen LogP contribution in [0.3, 0.4) is 0 Å². The molecular formula is C16H21N3O2. The van der Waals surface area contributed by atoms with Crippen LogP contribution in [0.5, 0.6) is 11.8 Å². The van der Waals surface area contributed by atoms with E-state index in [2.05, 4.69) is 41.3 Å². The van der Waals surface area contributed by atoms with Crippen LogP contribution in [-0.4, -0.2) is 30.7 Å². The second kappa shape index (κ2) is 7.04. The van der Waals surface area contributed by atoms with E-state index in [-0.39, 0.29) is 6.04 Å². The first-order valence-electron chi connectivity index (χ1n) is 6.95. The van der Waals surface area contributed by atoms with Crippen molar-refractivity contribution in [2.75, 3.05) is 20.8 Å². The van der Waals surface area contributed by atoms with Crippen LogP contribution in [0.15, 0.2) is 30.5 Å². The molecule has 0 saturated carbocycles. The zero-order valence-electron chi connectivity index (χ0n) is 12.9. The molecule has 2 aromatic rings. The van der Waals surface area contributed by atoms with Crippen molar-refractivity contribution in [3.8, 4) is 11.8 Å². The summed E-state index contributed by atoms with van der Waals surface area (Å²) in [4.78, 5) is 8.80. The number of nitrogens with zero attached hydrogens (tertiary/aromatic N) is 2. The summed E-state index contributed by atoms with van der Waals surface area (Å²) in [5.41, 5.74) is 3.12. The first kappa shape index (κ1) is 15.3. The van der Waals surface area contributed by atoms with Gasteiger partial charge in [-0.05, 0) is 24.6 Å². The van der Waals surface area contributed by atoms with Crippen LogP contribution in [0.1, 0.15) is 29.8 Å². The fourth-order valence-electron chi connectivity index (χ4n) is 2.28. The molecule has 5 heteroatoms. The van der Waals surface area contributed by atoms with Gasteiger partial charge in [-0.1, -0.05) is 31.2 Å². The van der Waals surface area contributed by atoms with E-state index in [9.17, 15) is 0 Å². The minimum absolute atomic E-state index is 0.0652. The van der Waals surface area contributed by atoms with E-state index in [4.69, 9.17) is 9.47 Å². The van der Waals surface area contributed by atoms with E-state index in [0.29, 0.717) is 11.8 Å². The molecule has 2 rings (SSSR count). The number of benzene rings is 1. The van der Waals surface area contributed by atoms with Crippen molar-refractivity contribution in [2.45, 2.75) is 19.9 Å². The molecule has 1 N–H and O–H groups in total. The van der Waals surface area contributed by atoms with Gasteiger partial charge in [0.25, 0.3) is 0 Å². The third-order valence-corrected chi connectivity index (χ3v) is 3.33. The molecule has 0 fully saturated rings. The third-order valence-electron chi connectivity index (χ3n) is 3.33. The van der Waals surface area contributed by atoms with Crippen LogP contribution in [0, 0.1) is 6.92 Å². The van der Waals surface area contributed by atoms with Crippen molar-refractivity contribution in [3.63, 3.8) is 0 Å². The zero-order valence-corrected chi connectivity index (χ0v) is 12.9. The van der Waals surface area contributed by atoms with Crippen LogP contribution < -0.4 is 14.8 Å². The minimum atomic E-state index is -0.0652. The van der Waals surface area contributed by atoms with Crippen molar-refractivity contribution < 1.29 is 9.47 Å². The van der Waals surface area contributed by atoms with Gasteiger partial charge in [0.15, 0.2) is 0 Å². The average Bonchev–Trinajstić information content (AvgIpc) is 2.53. The van der Waals surface area contributed by atoms with Crippen molar-refractivity contribution in [1.82, 2.24) is 15.3 Å². The molecule has 1 heterocycles. The number of aryl methyl sites for hydroxylation is 1. The highest BCUT2D eigenvalue weighted by Crippen LogP contribution is 2.29. The lowest BCUT2D eigenvalue weighted by Gasteiger charge is -2.21. The highest BCUT2D eigenvalue weighted by molar-refractivity contribution is 5.38. The summed E-state index contributed by atoms with van der Waals surface area (Å²) in [6.45, 7) is 4.97. The van der Waals surface area contributed by atoms with Crippen molar-refractivity contribution in [1.29, 1.82) is 0 Å². The Kier molecular flexibility index (Phi) is 5.11. The number of hydrogen-bond acceptors (Lipinski definition) is 5. The largest absolute Gasteiger partial charge is 0.480 e. The third kappa shape index (κ3) is 3.31. The summed E-state index contributed by atoms with van der Waals surface area (Å²) in [6, 6.07) is 8.16. The Morgan fingerprint density at radius 2 is 1.95 bits per heavy atom. The standard InChI is InChI=1S/C16H21N3O2/c1-5-17-14(12-9-7-6-8-11(12)2)15-16(21-4)19-13(20-3)10-18-15/h6-10,14,17H,5H2,1-4H3. The fraction of sp³-hybridized carbons (Fsp3) is 0.375. The maximum atomic E-state index is 5.38.